The molecular formula is C16H30O2Si. The van der Waals surface area contributed by atoms with E-state index in [0.717, 1.165) is 24.4 Å². The van der Waals surface area contributed by atoms with Gasteiger partial charge in [-0.2, -0.15) is 0 Å². The minimum atomic E-state index is -1.68. The van der Waals surface area contributed by atoms with E-state index in [1.54, 1.807) is 6.08 Å². The molecule has 0 bridgehead atoms. The second-order valence-corrected chi connectivity index (χ2v) is 10.0. The van der Waals surface area contributed by atoms with E-state index in [4.69, 9.17) is 4.43 Å². The lowest BCUT2D eigenvalue weighted by molar-refractivity contribution is -0.113. The second-order valence-electron chi connectivity index (χ2n) is 5.30. The zero-order valence-electron chi connectivity index (χ0n) is 13.2. The van der Waals surface area contributed by atoms with Gasteiger partial charge in [-0.15, -0.1) is 0 Å². The summed E-state index contributed by atoms with van der Waals surface area (Å²) in [6.07, 6.45) is 6.79. The van der Waals surface area contributed by atoms with Crippen molar-refractivity contribution in [3.8, 4) is 0 Å². The number of carbonyl (C=O) groups is 1. The van der Waals surface area contributed by atoms with Crippen molar-refractivity contribution in [1.29, 1.82) is 0 Å². The first-order valence-corrected chi connectivity index (χ1v) is 9.95. The molecule has 0 fully saturated rings. The maximum absolute atomic E-state index is 11.2. The number of hydrogen-bond donors (Lipinski definition) is 0. The number of rotatable bonds is 10. The van der Waals surface area contributed by atoms with E-state index in [9.17, 15) is 4.79 Å². The van der Waals surface area contributed by atoms with Gasteiger partial charge in [0.1, 0.15) is 6.29 Å². The predicted octanol–water partition coefficient (Wildman–Crippen LogP) is 4.59. The average molecular weight is 282 g/mol. The van der Waals surface area contributed by atoms with Crippen LogP contribution in [-0.4, -0.2) is 20.7 Å². The summed E-state index contributed by atoms with van der Waals surface area (Å²) < 4.78 is 6.52. The van der Waals surface area contributed by atoms with Gasteiger partial charge in [0, 0.05) is 5.92 Å². The lowest BCUT2D eigenvalue weighted by atomic mass is 9.94. The van der Waals surface area contributed by atoms with Gasteiger partial charge in [-0.3, -0.25) is 0 Å². The van der Waals surface area contributed by atoms with Crippen LogP contribution in [0.15, 0.2) is 24.8 Å². The van der Waals surface area contributed by atoms with Crippen LogP contribution < -0.4 is 0 Å². The van der Waals surface area contributed by atoms with Crippen LogP contribution in [0.5, 0.6) is 0 Å². The van der Waals surface area contributed by atoms with Gasteiger partial charge in [0.2, 0.25) is 0 Å². The molecule has 0 aliphatic rings. The predicted molar refractivity (Wildman–Crippen MR) is 85.8 cm³/mol. The Labute approximate surface area is 120 Å². The first kappa shape index (κ1) is 18.3. The normalized spacial score (nSPS) is 17.1. The van der Waals surface area contributed by atoms with Crippen molar-refractivity contribution in [2.75, 3.05) is 0 Å². The van der Waals surface area contributed by atoms with Crippen molar-refractivity contribution >= 4 is 14.6 Å². The summed E-state index contributed by atoms with van der Waals surface area (Å²) in [4.78, 5) is 11.2. The van der Waals surface area contributed by atoms with Crippen LogP contribution in [0.1, 0.15) is 34.6 Å². The number of aldehydes is 1. The summed E-state index contributed by atoms with van der Waals surface area (Å²) in [5.74, 6) is 0.163. The molecule has 3 atom stereocenters. The van der Waals surface area contributed by atoms with Gasteiger partial charge in [0.25, 0.3) is 0 Å². The van der Waals surface area contributed by atoms with Crippen LogP contribution in [0.4, 0.5) is 0 Å². The van der Waals surface area contributed by atoms with E-state index < -0.39 is 8.32 Å². The van der Waals surface area contributed by atoms with Crippen molar-refractivity contribution in [3.05, 3.63) is 24.8 Å². The fourth-order valence-electron chi connectivity index (χ4n) is 2.42. The Hall–Kier alpha value is -0.673. The van der Waals surface area contributed by atoms with Gasteiger partial charge < -0.3 is 9.22 Å². The highest BCUT2D eigenvalue weighted by Crippen LogP contribution is 2.29. The Morgan fingerprint density at radius 3 is 2.00 bits per heavy atom. The third-order valence-corrected chi connectivity index (χ3v) is 8.76. The summed E-state index contributed by atoms with van der Waals surface area (Å²) in [6, 6.07) is 3.33. The van der Waals surface area contributed by atoms with Crippen LogP contribution in [0.25, 0.3) is 0 Å². The van der Waals surface area contributed by atoms with E-state index in [1.807, 2.05) is 13.0 Å². The molecule has 0 heterocycles. The van der Waals surface area contributed by atoms with Gasteiger partial charge in [-0.25, -0.2) is 0 Å². The van der Waals surface area contributed by atoms with Crippen LogP contribution in [0.2, 0.25) is 18.1 Å². The minimum absolute atomic E-state index is 0.0137. The van der Waals surface area contributed by atoms with E-state index in [1.165, 1.54) is 0 Å². The Kier molecular flexibility index (Phi) is 8.94. The lowest BCUT2D eigenvalue weighted by Gasteiger charge is -2.37. The third kappa shape index (κ3) is 5.45. The minimum Gasteiger partial charge on any atom is -0.413 e. The average Bonchev–Trinajstić information content (AvgIpc) is 2.46. The van der Waals surface area contributed by atoms with Gasteiger partial charge in [0.15, 0.2) is 8.32 Å². The van der Waals surface area contributed by atoms with Gasteiger partial charge >= 0.3 is 0 Å². The van der Waals surface area contributed by atoms with Crippen molar-refractivity contribution in [2.24, 2.45) is 11.8 Å². The molecule has 0 N–H and O–H groups in total. The van der Waals surface area contributed by atoms with E-state index >= 15 is 0 Å². The van der Waals surface area contributed by atoms with E-state index in [0.29, 0.717) is 0 Å². The van der Waals surface area contributed by atoms with Crippen molar-refractivity contribution in [2.45, 2.75) is 58.9 Å². The fraction of sp³-hybridized carbons (Fsp3) is 0.688. The molecule has 19 heavy (non-hydrogen) atoms. The highest BCUT2D eigenvalue weighted by Gasteiger charge is 2.35. The van der Waals surface area contributed by atoms with Gasteiger partial charge in [-0.1, -0.05) is 59.4 Å². The maximum atomic E-state index is 11.2. The fourth-order valence-corrected chi connectivity index (χ4v) is 5.43. The van der Waals surface area contributed by atoms with Gasteiger partial charge in [0.05, 0.1) is 6.10 Å². The van der Waals surface area contributed by atoms with Crippen LogP contribution >= 0.6 is 0 Å². The smallest absolute Gasteiger partial charge is 0.192 e. The quantitative estimate of drug-likeness (QED) is 0.333. The molecule has 0 aromatic heterocycles. The molecule has 2 nitrogen and oxygen atoms in total. The molecule has 0 aliphatic heterocycles. The largest absolute Gasteiger partial charge is 0.413 e. The summed E-state index contributed by atoms with van der Waals surface area (Å²) >= 11 is 0. The number of allylic oxidation sites excluding steroid dienone is 2. The summed E-state index contributed by atoms with van der Waals surface area (Å²) in [5, 5.41) is 0. The molecular weight excluding hydrogens is 252 g/mol. The zero-order chi connectivity index (χ0) is 14.9. The van der Waals surface area contributed by atoms with Crippen molar-refractivity contribution in [3.63, 3.8) is 0 Å². The molecule has 0 spiro atoms. The molecule has 0 rings (SSSR count). The Morgan fingerprint density at radius 1 is 1.11 bits per heavy atom. The topological polar surface area (TPSA) is 26.3 Å². The third-order valence-electron chi connectivity index (χ3n) is 4.12. The SMILES string of the molecule is C=C/C=C/[C@H](C)[C@H](O[Si](CC)(CC)CC)[C@@H](C)C=O. The molecule has 0 unspecified atom stereocenters. The maximum Gasteiger partial charge on any atom is 0.192 e. The summed E-state index contributed by atoms with van der Waals surface area (Å²) in [5.41, 5.74) is 0. The first-order chi connectivity index (χ1) is 9.00. The molecule has 0 saturated heterocycles. The molecule has 110 valence electrons. The second kappa shape index (κ2) is 9.27. The zero-order valence-corrected chi connectivity index (χ0v) is 14.2. The molecule has 0 saturated carbocycles. The lowest BCUT2D eigenvalue weighted by Crippen LogP contribution is -2.44. The first-order valence-electron chi connectivity index (χ1n) is 7.42. The molecule has 0 aromatic rings. The Bertz CT molecular complexity index is 287. The van der Waals surface area contributed by atoms with Crippen LogP contribution in [0.3, 0.4) is 0 Å². The molecule has 0 aliphatic carbocycles. The van der Waals surface area contributed by atoms with Crippen LogP contribution in [0, 0.1) is 11.8 Å². The standard InChI is InChI=1S/C16H30O2Si/c1-7-11-12-14(5)16(15(6)13-17)18-19(8-2,9-3)10-4/h7,11-16H,1,8-10H2,2-6H3/b12-11+/t14-,15-,16-/m0/s1. The monoisotopic (exact) mass is 282 g/mol. The van der Waals surface area contributed by atoms with Crippen LogP contribution in [-0.2, 0) is 9.22 Å². The van der Waals surface area contributed by atoms with E-state index in [2.05, 4.69) is 40.3 Å². The van der Waals surface area contributed by atoms with Crippen molar-refractivity contribution in [1.82, 2.24) is 0 Å². The van der Waals surface area contributed by atoms with E-state index in [-0.39, 0.29) is 17.9 Å². The Morgan fingerprint density at radius 2 is 1.63 bits per heavy atom. The van der Waals surface area contributed by atoms with Gasteiger partial charge in [-0.05, 0) is 24.1 Å². The summed E-state index contributed by atoms with van der Waals surface area (Å²) in [6.45, 7) is 14.4. The summed E-state index contributed by atoms with van der Waals surface area (Å²) in [7, 11) is -1.68. The molecule has 3 heteroatoms. The van der Waals surface area contributed by atoms with Crippen molar-refractivity contribution < 1.29 is 9.22 Å². The highest BCUT2D eigenvalue weighted by molar-refractivity contribution is 6.73. The Balaban J connectivity index is 5.09. The molecule has 0 amide bonds. The number of carbonyl (C=O) groups excluding carboxylic acids is 1. The highest BCUT2D eigenvalue weighted by atomic mass is 28.4. The number of hydrogen-bond acceptors (Lipinski definition) is 2. The molecule has 0 aromatic carbocycles. The molecule has 0 radical (unpaired) electrons.